The van der Waals surface area contributed by atoms with Gasteiger partial charge >= 0.3 is 0 Å². The molecular formula is C27H39N3O5S. The first-order valence-corrected chi connectivity index (χ1v) is 14.2. The Labute approximate surface area is 215 Å². The maximum absolute atomic E-state index is 13.3. The summed E-state index contributed by atoms with van der Waals surface area (Å²) in [5.41, 5.74) is 2.53. The van der Waals surface area contributed by atoms with E-state index in [0.717, 1.165) is 30.2 Å². The summed E-state index contributed by atoms with van der Waals surface area (Å²) in [5, 5.41) is 2.86. The predicted molar refractivity (Wildman–Crippen MR) is 144 cm³/mol. The average molecular weight is 518 g/mol. The van der Waals surface area contributed by atoms with Crippen LogP contribution in [0.5, 0.6) is 5.75 Å². The minimum Gasteiger partial charge on any atom is -0.497 e. The van der Waals surface area contributed by atoms with Gasteiger partial charge < -0.3 is 15.0 Å². The fourth-order valence-electron chi connectivity index (χ4n) is 3.85. The Morgan fingerprint density at radius 3 is 2.33 bits per heavy atom. The lowest BCUT2D eigenvalue weighted by molar-refractivity contribution is -0.140. The molecule has 0 radical (unpaired) electrons. The SMILES string of the molecule is CCCNC(=O)[C@H](C)N(Cc1cccc(OC)c1)C(=O)CCCN(c1ccc(CC)cc1)S(C)(=O)=O. The molecule has 0 fully saturated rings. The van der Waals surface area contributed by atoms with Gasteiger partial charge in [0.1, 0.15) is 11.8 Å². The molecule has 198 valence electrons. The number of benzene rings is 2. The average Bonchev–Trinajstić information content (AvgIpc) is 2.87. The van der Waals surface area contributed by atoms with Gasteiger partial charge in [0, 0.05) is 26.1 Å². The summed E-state index contributed by atoms with van der Waals surface area (Å²) < 4.78 is 31.5. The highest BCUT2D eigenvalue weighted by atomic mass is 32.2. The molecule has 1 N–H and O–H groups in total. The molecule has 2 aromatic rings. The monoisotopic (exact) mass is 517 g/mol. The zero-order chi connectivity index (χ0) is 26.7. The van der Waals surface area contributed by atoms with Crippen molar-refractivity contribution in [2.45, 2.75) is 59.0 Å². The molecule has 36 heavy (non-hydrogen) atoms. The van der Waals surface area contributed by atoms with Crippen molar-refractivity contribution in [2.24, 2.45) is 0 Å². The van der Waals surface area contributed by atoms with Gasteiger partial charge in [-0.15, -0.1) is 0 Å². The molecule has 0 aliphatic rings. The number of anilines is 1. The van der Waals surface area contributed by atoms with Gasteiger partial charge in [-0.05, 0) is 61.6 Å². The Balaban J connectivity index is 2.16. The van der Waals surface area contributed by atoms with E-state index < -0.39 is 16.1 Å². The molecule has 0 heterocycles. The third kappa shape index (κ3) is 8.55. The van der Waals surface area contributed by atoms with E-state index in [2.05, 4.69) is 5.32 Å². The van der Waals surface area contributed by atoms with E-state index >= 15 is 0 Å². The molecule has 2 aromatic carbocycles. The van der Waals surface area contributed by atoms with Crippen LogP contribution in [0.25, 0.3) is 0 Å². The van der Waals surface area contributed by atoms with Gasteiger partial charge in [-0.3, -0.25) is 13.9 Å². The zero-order valence-electron chi connectivity index (χ0n) is 22.0. The minimum atomic E-state index is -3.52. The van der Waals surface area contributed by atoms with Crippen molar-refractivity contribution in [2.75, 3.05) is 30.8 Å². The lowest BCUT2D eigenvalue weighted by Crippen LogP contribution is -2.47. The van der Waals surface area contributed by atoms with Crippen LogP contribution in [0.4, 0.5) is 5.69 Å². The second-order valence-corrected chi connectivity index (χ2v) is 10.7. The number of carbonyl (C=O) groups excluding carboxylic acids is 2. The molecule has 9 heteroatoms. The van der Waals surface area contributed by atoms with Crippen molar-refractivity contribution in [1.29, 1.82) is 0 Å². The predicted octanol–water partition coefficient (Wildman–Crippen LogP) is 3.75. The summed E-state index contributed by atoms with van der Waals surface area (Å²) in [7, 11) is -1.95. The van der Waals surface area contributed by atoms with E-state index in [9.17, 15) is 18.0 Å². The van der Waals surface area contributed by atoms with Gasteiger partial charge in [0.05, 0.1) is 19.1 Å². The number of aryl methyl sites for hydroxylation is 1. The minimum absolute atomic E-state index is 0.106. The highest BCUT2D eigenvalue weighted by molar-refractivity contribution is 7.92. The standard InChI is InChI=1S/C27H39N3O5S/c1-6-17-28-27(32)21(3)29(20-23-10-8-11-25(19-23)35-4)26(31)12-9-18-30(36(5,33)34)24-15-13-22(7-2)14-16-24/h8,10-11,13-16,19,21H,6-7,9,12,17-18,20H2,1-5H3,(H,28,32)/t21-/m0/s1. The Hall–Kier alpha value is -3.07. The molecule has 0 bridgehead atoms. The van der Waals surface area contributed by atoms with Gasteiger partial charge in [0.2, 0.25) is 21.8 Å². The Morgan fingerprint density at radius 2 is 1.75 bits per heavy atom. The van der Waals surface area contributed by atoms with Crippen LogP contribution in [0.3, 0.4) is 0 Å². The van der Waals surface area contributed by atoms with Crippen LogP contribution in [-0.2, 0) is 32.6 Å². The van der Waals surface area contributed by atoms with Crippen LogP contribution in [-0.4, -0.2) is 57.6 Å². The molecule has 0 spiro atoms. The number of sulfonamides is 1. The number of hydrogen-bond donors (Lipinski definition) is 1. The maximum Gasteiger partial charge on any atom is 0.242 e. The lowest BCUT2D eigenvalue weighted by atomic mass is 10.1. The fraction of sp³-hybridized carbons (Fsp3) is 0.481. The first kappa shape index (κ1) is 29.2. The Kier molecular flexibility index (Phi) is 11.2. The van der Waals surface area contributed by atoms with Crippen molar-refractivity contribution in [3.05, 3.63) is 59.7 Å². The quantitative estimate of drug-likeness (QED) is 0.412. The van der Waals surface area contributed by atoms with E-state index in [1.165, 1.54) is 4.31 Å². The molecule has 2 rings (SSSR count). The van der Waals surface area contributed by atoms with Gasteiger partial charge in [0.25, 0.3) is 0 Å². The van der Waals surface area contributed by atoms with E-state index in [-0.39, 0.29) is 31.3 Å². The second-order valence-electron chi connectivity index (χ2n) is 8.80. The highest BCUT2D eigenvalue weighted by Crippen LogP contribution is 2.21. The molecule has 0 aromatic heterocycles. The zero-order valence-corrected chi connectivity index (χ0v) is 22.8. The molecule has 8 nitrogen and oxygen atoms in total. The number of nitrogens with one attached hydrogen (secondary N) is 1. The van der Waals surface area contributed by atoms with Crippen molar-refractivity contribution >= 4 is 27.5 Å². The van der Waals surface area contributed by atoms with E-state index in [0.29, 0.717) is 24.4 Å². The number of rotatable bonds is 14. The van der Waals surface area contributed by atoms with Crippen LogP contribution in [0.2, 0.25) is 0 Å². The summed E-state index contributed by atoms with van der Waals surface area (Å²) in [6.45, 7) is 6.65. The largest absolute Gasteiger partial charge is 0.497 e. The van der Waals surface area contributed by atoms with Crippen molar-refractivity contribution in [1.82, 2.24) is 10.2 Å². The second kappa shape index (κ2) is 13.9. The summed E-state index contributed by atoms with van der Waals surface area (Å²) in [4.78, 5) is 27.6. The summed E-state index contributed by atoms with van der Waals surface area (Å²) >= 11 is 0. The first-order valence-electron chi connectivity index (χ1n) is 12.4. The van der Waals surface area contributed by atoms with Crippen molar-refractivity contribution < 1.29 is 22.7 Å². The van der Waals surface area contributed by atoms with Gasteiger partial charge in [0.15, 0.2) is 0 Å². The van der Waals surface area contributed by atoms with Crippen LogP contribution < -0.4 is 14.4 Å². The van der Waals surface area contributed by atoms with Gasteiger partial charge in [-0.2, -0.15) is 0 Å². The van der Waals surface area contributed by atoms with Gasteiger partial charge in [-0.25, -0.2) is 8.42 Å². The summed E-state index contributed by atoms with van der Waals surface area (Å²) in [6.07, 6.45) is 3.25. The molecule has 2 amide bonds. The Morgan fingerprint density at radius 1 is 1.06 bits per heavy atom. The summed E-state index contributed by atoms with van der Waals surface area (Å²) in [5.74, 6) is 0.231. The molecule has 0 saturated heterocycles. The number of nitrogens with zero attached hydrogens (tertiary/aromatic N) is 2. The molecular weight excluding hydrogens is 478 g/mol. The smallest absolute Gasteiger partial charge is 0.242 e. The third-order valence-electron chi connectivity index (χ3n) is 5.99. The number of carbonyl (C=O) groups is 2. The molecule has 0 aliphatic heterocycles. The third-order valence-corrected chi connectivity index (χ3v) is 7.18. The highest BCUT2D eigenvalue weighted by Gasteiger charge is 2.26. The molecule has 0 saturated carbocycles. The molecule has 0 unspecified atom stereocenters. The number of hydrogen-bond acceptors (Lipinski definition) is 5. The first-order chi connectivity index (χ1) is 17.1. The van der Waals surface area contributed by atoms with Crippen LogP contribution >= 0.6 is 0 Å². The van der Waals surface area contributed by atoms with E-state index in [4.69, 9.17) is 4.74 Å². The molecule has 0 aliphatic carbocycles. The maximum atomic E-state index is 13.3. The molecule has 1 atom stereocenters. The van der Waals surface area contributed by atoms with Gasteiger partial charge in [-0.1, -0.05) is 38.1 Å². The Bertz CT molecular complexity index is 1100. The van der Waals surface area contributed by atoms with Crippen molar-refractivity contribution in [3.8, 4) is 5.75 Å². The number of amides is 2. The topological polar surface area (TPSA) is 96.0 Å². The normalized spacial score (nSPS) is 12.0. The fourth-order valence-corrected chi connectivity index (χ4v) is 4.81. The number of methoxy groups -OCH3 is 1. The van der Waals surface area contributed by atoms with Crippen LogP contribution in [0, 0.1) is 0 Å². The van der Waals surface area contributed by atoms with Crippen molar-refractivity contribution in [3.63, 3.8) is 0 Å². The van der Waals surface area contributed by atoms with E-state index in [1.807, 2.05) is 50.2 Å². The van der Waals surface area contributed by atoms with Crippen LogP contribution in [0.1, 0.15) is 51.2 Å². The summed E-state index contributed by atoms with van der Waals surface area (Å²) in [6, 6.07) is 14.1. The van der Waals surface area contributed by atoms with Crippen LogP contribution in [0.15, 0.2) is 48.5 Å². The van der Waals surface area contributed by atoms with E-state index in [1.54, 1.807) is 31.1 Å². The lowest BCUT2D eigenvalue weighted by Gasteiger charge is -2.29. The number of ether oxygens (including phenoxy) is 1.